The number of halogens is 2. The number of nitrogens with one attached hydrogen (secondary N) is 2. The molecule has 0 radical (unpaired) electrons. The van der Waals surface area contributed by atoms with Crippen molar-refractivity contribution in [2.45, 2.75) is 6.61 Å². The fourth-order valence-corrected chi connectivity index (χ4v) is 2.19. The Balaban J connectivity index is 1.80. The first-order chi connectivity index (χ1) is 14.3. The van der Waals surface area contributed by atoms with Gasteiger partial charge in [0.2, 0.25) is 0 Å². The van der Waals surface area contributed by atoms with Crippen LogP contribution in [0.5, 0.6) is 5.75 Å². The van der Waals surface area contributed by atoms with Crippen molar-refractivity contribution >= 4 is 29.2 Å². The molecular weight excluding hydrogens is 408 g/mol. The fourth-order valence-electron chi connectivity index (χ4n) is 2.19. The number of amides is 2. The van der Waals surface area contributed by atoms with Crippen LogP contribution in [0.25, 0.3) is 0 Å². The fraction of sp³-hybridized carbons (Fsp3) is 0.167. The van der Waals surface area contributed by atoms with Crippen molar-refractivity contribution in [1.29, 1.82) is 0 Å². The molecule has 2 amide bonds. The van der Waals surface area contributed by atoms with Gasteiger partial charge < -0.3 is 20.1 Å². The number of nitro groups is 1. The minimum atomic E-state index is -3.05. The van der Waals surface area contributed by atoms with Crippen LogP contribution in [-0.2, 0) is 14.3 Å². The standard InChI is InChI=1S/C18H15F2N3O7/c19-18(20)30-12-5-3-4-11(8-12)17(26)21-9-16(25)29-10-15(24)22-13-6-1-2-7-14(13)23(27)28/h1-8,18H,9-10H2,(H,21,26)(H,22,24). The Morgan fingerprint density at radius 3 is 2.53 bits per heavy atom. The average molecular weight is 423 g/mol. The zero-order valence-electron chi connectivity index (χ0n) is 15.2. The predicted octanol–water partition coefficient (Wildman–Crippen LogP) is 2.11. The molecule has 0 bridgehead atoms. The number of ether oxygens (including phenoxy) is 2. The maximum atomic E-state index is 12.2. The smallest absolute Gasteiger partial charge is 0.387 e. The van der Waals surface area contributed by atoms with Crippen LogP contribution in [0, 0.1) is 10.1 Å². The Morgan fingerprint density at radius 2 is 1.83 bits per heavy atom. The summed E-state index contributed by atoms with van der Waals surface area (Å²) in [5.41, 5.74) is -0.430. The van der Waals surface area contributed by atoms with E-state index in [4.69, 9.17) is 0 Å². The zero-order chi connectivity index (χ0) is 22.1. The summed E-state index contributed by atoms with van der Waals surface area (Å²) < 4.78 is 33.3. The van der Waals surface area contributed by atoms with Crippen LogP contribution in [-0.4, -0.2) is 42.5 Å². The van der Waals surface area contributed by atoms with Crippen LogP contribution in [0.1, 0.15) is 10.4 Å². The van der Waals surface area contributed by atoms with Gasteiger partial charge in [-0.25, -0.2) is 0 Å². The van der Waals surface area contributed by atoms with Crippen molar-refractivity contribution in [2.24, 2.45) is 0 Å². The van der Waals surface area contributed by atoms with E-state index < -0.39 is 42.5 Å². The second-order valence-corrected chi connectivity index (χ2v) is 5.57. The number of alkyl halides is 2. The van der Waals surface area contributed by atoms with Gasteiger partial charge in [-0.05, 0) is 24.3 Å². The Labute approximate surface area is 167 Å². The molecule has 0 spiro atoms. The first-order valence-electron chi connectivity index (χ1n) is 8.28. The van der Waals surface area contributed by atoms with E-state index >= 15 is 0 Å². The van der Waals surface area contributed by atoms with Crippen molar-refractivity contribution in [3.05, 3.63) is 64.2 Å². The van der Waals surface area contributed by atoms with Crippen molar-refractivity contribution in [1.82, 2.24) is 5.32 Å². The monoisotopic (exact) mass is 423 g/mol. The lowest BCUT2D eigenvalue weighted by Gasteiger charge is -2.09. The summed E-state index contributed by atoms with van der Waals surface area (Å²) in [6.45, 7) is -4.39. The number of nitrogens with zero attached hydrogens (tertiary/aromatic N) is 1. The Bertz CT molecular complexity index is 953. The van der Waals surface area contributed by atoms with Crippen molar-refractivity contribution < 1.29 is 37.6 Å². The van der Waals surface area contributed by atoms with E-state index in [2.05, 4.69) is 20.1 Å². The number of hydrogen-bond acceptors (Lipinski definition) is 7. The first kappa shape index (κ1) is 22.2. The number of esters is 1. The summed E-state index contributed by atoms with van der Waals surface area (Å²) in [6, 6.07) is 10.3. The van der Waals surface area contributed by atoms with Crippen LogP contribution in [0.3, 0.4) is 0 Å². The van der Waals surface area contributed by atoms with E-state index in [-0.39, 0.29) is 22.7 Å². The summed E-state index contributed by atoms with van der Waals surface area (Å²) in [5.74, 6) is -2.76. The number of nitro benzene ring substituents is 1. The molecule has 0 saturated heterocycles. The molecule has 2 aromatic carbocycles. The molecule has 0 aliphatic heterocycles. The SMILES string of the molecule is O=C(COC(=O)CNC(=O)c1cccc(OC(F)F)c1)Nc1ccccc1[N+](=O)[O-]. The van der Waals surface area contributed by atoms with E-state index in [1.54, 1.807) is 0 Å². The largest absolute Gasteiger partial charge is 0.454 e. The van der Waals surface area contributed by atoms with Crippen molar-refractivity contribution in [2.75, 3.05) is 18.5 Å². The third-order valence-corrected chi connectivity index (χ3v) is 3.45. The molecule has 0 heterocycles. The molecule has 30 heavy (non-hydrogen) atoms. The first-order valence-corrected chi connectivity index (χ1v) is 8.28. The second-order valence-electron chi connectivity index (χ2n) is 5.57. The lowest BCUT2D eigenvalue weighted by molar-refractivity contribution is -0.383. The van der Waals surface area contributed by atoms with E-state index in [1.165, 1.54) is 42.5 Å². The molecule has 0 aliphatic carbocycles. The number of carbonyl (C=O) groups excluding carboxylic acids is 3. The summed E-state index contributed by atoms with van der Waals surface area (Å²) in [6.07, 6.45) is 0. The third kappa shape index (κ3) is 6.82. The van der Waals surface area contributed by atoms with Crippen LogP contribution in [0.15, 0.2) is 48.5 Å². The van der Waals surface area contributed by atoms with Gasteiger partial charge >= 0.3 is 12.6 Å². The quantitative estimate of drug-likeness (QED) is 0.358. The Hall–Kier alpha value is -4.09. The molecule has 0 fully saturated rings. The summed E-state index contributed by atoms with van der Waals surface area (Å²) in [7, 11) is 0. The summed E-state index contributed by atoms with van der Waals surface area (Å²) in [5, 5.41) is 15.3. The van der Waals surface area contributed by atoms with Gasteiger partial charge in [0.1, 0.15) is 18.0 Å². The van der Waals surface area contributed by atoms with Gasteiger partial charge in [-0.15, -0.1) is 0 Å². The molecule has 0 aliphatic rings. The van der Waals surface area contributed by atoms with E-state index in [1.807, 2.05) is 0 Å². The minimum absolute atomic E-state index is 0.0323. The number of rotatable bonds is 9. The van der Waals surface area contributed by atoms with Gasteiger partial charge in [-0.3, -0.25) is 24.5 Å². The topological polar surface area (TPSA) is 137 Å². The lowest BCUT2D eigenvalue weighted by Crippen LogP contribution is -2.32. The van der Waals surface area contributed by atoms with Gasteiger partial charge in [-0.2, -0.15) is 8.78 Å². The second kappa shape index (κ2) is 10.5. The number of benzene rings is 2. The highest BCUT2D eigenvalue weighted by molar-refractivity contribution is 5.97. The highest BCUT2D eigenvalue weighted by atomic mass is 19.3. The molecule has 2 aromatic rings. The summed E-state index contributed by atoms with van der Waals surface area (Å²) >= 11 is 0. The number of hydrogen-bond donors (Lipinski definition) is 2. The molecule has 0 saturated carbocycles. The minimum Gasteiger partial charge on any atom is -0.454 e. The maximum Gasteiger partial charge on any atom is 0.387 e. The Morgan fingerprint density at radius 1 is 1.10 bits per heavy atom. The number of para-hydroxylation sites is 2. The van der Waals surface area contributed by atoms with Gasteiger partial charge in [0.05, 0.1) is 4.92 Å². The molecule has 2 rings (SSSR count). The average Bonchev–Trinajstić information content (AvgIpc) is 2.70. The molecule has 10 nitrogen and oxygen atoms in total. The van der Waals surface area contributed by atoms with Gasteiger partial charge in [-0.1, -0.05) is 18.2 Å². The molecule has 158 valence electrons. The summed E-state index contributed by atoms with van der Waals surface area (Å²) in [4.78, 5) is 45.7. The molecule has 0 unspecified atom stereocenters. The van der Waals surface area contributed by atoms with E-state index in [9.17, 15) is 33.3 Å². The van der Waals surface area contributed by atoms with Gasteiger partial charge in [0.25, 0.3) is 17.5 Å². The molecule has 12 heteroatoms. The van der Waals surface area contributed by atoms with E-state index in [0.29, 0.717) is 0 Å². The lowest BCUT2D eigenvalue weighted by atomic mass is 10.2. The molecule has 2 N–H and O–H groups in total. The maximum absolute atomic E-state index is 12.2. The van der Waals surface area contributed by atoms with Crippen LogP contribution in [0.4, 0.5) is 20.2 Å². The number of anilines is 1. The highest BCUT2D eigenvalue weighted by Gasteiger charge is 2.16. The highest BCUT2D eigenvalue weighted by Crippen LogP contribution is 2.22. The van der Waals surface area contributed by atoms with Crippen molar-refractivity contribution in [3.63, 3.8) is 0 Å². The van der Waals surface area contributed by atoms with E-state index in [0.717, 1.165) is 6.07 Å². The molecule has 0 atom stereocenters. The van der Waals surface area contributed by atoms with Crippen molar-refractivity contribution in [3.8, 4) is 5.75 Å². The molecule has 0 aromatic heterocycles. The van der Waals surface area contributed by atoms with Gasteiger partial charge in [0.15, 0.2) is 6.61 Å². The zero-order valence-corrected chi connectivity index (χ0v) is 15.2. The normalized spacial score (nSPS) is 10.2. The van der Waals surface area contributed by atoms with Crippen LogP contribution < -0.4 is 15.4 Å². The third-order valence-electron chi connectivity index (χ3n) is 3.45. The van der Waals surface area contributed by atoms with Crippen LogP contribution in [0.2, 0.25) is 0 Å². The van der Waals surface area contributed by atoms with Gasteiger partial charge in [0, 0.05) is 11.6 Å². The predicted molar refractivity (Wildman–Crippen MR) is 98.1 cm³/mol. The number of carbonyl (C=O) groups is 3. The van der Waals surface area contributed by atoms with Crippen LogP contribution >= 0.6 is 0 Å². The Kier molecular flexibility index (Phi) is 7.74. The molecular formula is C18H15F2N3O7.